The van der Waals surface area contributed by atoms with Crippen molar-refractivity contribution in [2.75, 3.05) is 25.3 Å². The fourth-order valence-electron chi connectivity index (χ4n) is 1.48. The molecule has 88 valence electrons. The SMILES string of the molecule is CN(CC(F)(F)F)c1ccc2c(c1)OCO2. The Morgan fingerprint density at radius 3 is 2.62 bits per heavy atom. The van der Waals surface area contributed by atoms with Gasteiger partial charge in [0.15, 0.2) is 11.5 Å². The van der Waals surface area contributed by atoms with Crippen LogP contribution in [0.1, 0.15) is 0 Å². The number of halogens is 3. The van der Waals surface area contributed by atoms with E-state index in [1.807, 2.05) is 0 Å². The van der Waals surface area contributed by atoms with Crippen LogP contribution in [0.5, 0.6) is 11.5 Å². The molecule has 6 heteroatoms. The second-order valence-corrected chi connectivity index (χ2v) is 3.51. The average Bonchev–Trinajstić information content (AvgIpc) is 2.61. The molecule has 0 aliphatic carbocycles. The number of fused-ring (bicyclic) bond motifs is 1. The summed E-state index contributed by atoms with van der Waals surface area (Å²) in [4.78, 5) is 1.11. The summed E-state index contributed by atoms with van der Waals surface area (Å²) in [6.45, 7) is -0.881. The molecule has 0 radical (unpaired) electrons. The first-order valence-corrected chi connectivity index (χ1v) is 4.63. The van der Waals surface area contributed by atoms with E-state index in [9.17, 15) is 13.2 Å². The molecule has 0 unspecified atom stereocenters. The van der Waals surface area contributed by atoms with Crippen molar-refractivity contribution in [2.24, 2.45) is 0 Å². The van der Waals surface area contributed by atoms with Crippen LogP contribution in [0, 0.1) is 0 Å². The Hall–Kier alpha value is -1.59. The Morgan fingerprint density at radius 2 is 1.94 bits per heavy atom. The van der Waals surface area contributed by atoms with Crippen molar-refractivity contribution < 1.29 is 22.6 Å². The number of nitrogens with zero attached hydrogens (tertiary/aromatic N) is 1. The number of rotatable bonds is 2. The Morgan fingerprint density at radius 1 is 1.25 bits per heavy atom. The van der Waals surface area contributed by atoms with Gasteiger partial charge in [-0.15, -0.1) is 0 Å². The van der Waals surface area contributed by atoms with Crippen molar-refractivity contribution >= 4 is 5.69 Å². The lowest BCUT2D eigenvalue weighted by atomic mass is 10.2. The molecule has 1 aromatic carbocycles. The van der Waals surface area contributed by atoms with E-state index in [0.717, 1.165) is 4.90 Å². The molecule has 0 fully saturated rings. The second-order valence-electron chi connectivity index (χ2n) is 3.51. The highest BCUT2D eigenvalue weighted by molar-refractivity contribution is 5.56. The van der Waals surface area contributed by atoms with Gasteiger partial charge in [-0.2, -0.15) is 13.2 Å². The van der Waals surface area contributed by atoms with E-state index < -0.39 is 12.7 Å². The minimum absolute atomic E-state index is 0.113. The minimum Gasteiger partial charge on any atom is -0.454 e. The van der Waals surface area contributed by atoms with Crippen molar-refractivity contribution in [1.29, 1.82) is 0 Å². The quantitative estimate of drug-likeness (QED) is 0.783. The van der Waals surface area contributed by atoms with Crippen LogP contribution >= 0.6 is 0 Å². The molecule has 0 bridgehead atoms. The molecule has 16 heavy (non-hydrogen) atoms. The van der Waals surface area contributed by atoms with Gasteiger partial charge in [0.2, 0.25) is 6.79 Å². The van der Waals surface area contributed by atoms with Crippen LogP contribution in [0.15, 0.2) is 18.2 Å². The largest absolute Gasteiger partial charge is 0.454 e. The number of hydrogen-bond acceptors (Lipinski definition) is 3. The highest BCUT2D eigenvalue weighted by Crippen LogP contribution is 2.35. The molecule has 1 aliphatic rings. The van der Waals surface area contributed by atoms with Gasteiger partial charge >= 0.3 is 6.18 Å². The summed E-state index contributed by atoms with van der Waals surface area (Å²) in [5, 5.41) is 0. The van der Waals surface area contributed by atoms with Gasteiger partial charge in [-0.3, -0.25) is 0 Å². The summed E-state index contributed by atoms with van der Waals surface area (Å²) in [6.07, 6.45) is -4.22. The highest BCUT2D eigenvalue weighted by Gasteiger charge is 2.29. The summed E-state index contributed by atoms with van der Waals surface area (Å²) >= 11 is 0. The fraction of sp³-hybridized carbons (Fsp3) is 0.400. The molecule has 0 atom stereocenters. The number of ether oxygens (including phenoxy) is 2. The van der Waals surface area contributed by atoms with Crippen LogP contribution in [0.4, 0.5) is 18.9 Å². The van der Waals surface area contributed by atoms with Crippen LogP contribution in [-0.2, 0) is 0 Å². The highest BCUT2D eigenvalue weighted by atomic mass is 19.4. The standard InChI is InChI=1S/C10H10F3NO2/c1-14(5-10(11,12)13)7-2-3-8-9(4-7)16-6-15-8/h2-4H,5-6H2,1H3. The average molecular weight is 233 g/mol. The van der Waals surface area contributed by atoms with Crippen molar-refractivity contribution in [3.8, 4) is 11.5 Å². The summed E-state index contributed by atoms with van der Waals surface area (Å²) in [6, 6.07) is 4.71. The third-order valence-corrected chi connectivity index (χ3v) is 2.21. The third-order valence-electron chi connectivity index (χ3n) is 2.21. The van der Waals surface area contributed by atoms with Crippen LogP contribution in [0.25, 0.3) is 0 Å². The zero-order chi connectivity index (χ0) is 11.8. The van der Waals surface area contributed by atoms with Gasteiger partial charge in [0.25, 0.3) is 0 Å². The van der Waals surface area contributed by atoms with E-state index in [4.69, 9.17) is 9.47 Å². The van der Waals surface area contributed by atoms with Gasteiger partial charge in [-0.1, -0.05) is 0 Å². The Bertz CT molecular complexity index is 392. The second kappa shape index (κ2) is 3.77. The maximum atomic E-state index is 12.2. The molecular formula is C10H10F3NO2. The van der Waals surface area contributed by atoms with E-state index in [-0.39, 0.29) is 6.79 Å². The van der Waals surface area contributed by atoms with Crippen LogP contribution in [0.2, 0.25) is 0 Å². The molecule has 3 nitrogen and oxygen atoms in total. The lowest BCUT2D eigenvalue weighted by Crippen LogP contribution is -2.30. The van der Waals surface area contributed by atoms with Crippen LogP contribution < -0.4 is 14.4 Å². The number of anilines is 1. The van der Waals surface area contributed by atoms with Gasteiger partial charge in [-0.25, -0.2) is 0 Å². The molecule has 1 heterocycles. The van der Waals surface area contributed by atoms with Crippen LogP contribution in [0.3, 0.4) is 0 Å². The third kappa shape index (κ3) is 2.32. The summed E-state index contributed by atoms with van der Waals surface area (Å²) in [5.74, 6) is 1.04. The molecule has 0 saturated carbocycles. The topological polar surface area (TPSA) is 21.7 Å². The smallest absolute Gasteiger partial charge is 0.405 e. The number of benzene rings is 1. The van der Waals surface area contributed by atoms with Crippen molar-refractivity contribution in [2.45, 2.75) is 6.18 Å². The molecule has 0 amide bonds. The molecule has 0 N–H and O–H groups in total. The Labute approximate surface area is 90.4 Å². The predicted molar refractivity (Wildman–Crippen MR) is 51.9 cm³/mol. The van der Waals surface area contributed by atoms with E-state index in [1.165, 1.54) is 13.1 Å². The molecule has 2 rings (SSSR count). The molecule has 0 saturated heterocycles. The molecule has 0 aromatic heterocycles. The fourth-order valence-corrected chi connectivity index (χ4v) is 1.48. The van der Waals surface area contributed by atoms with E-state index >= 15 is 0 Å². The lowest BCUT2D eigenvalue weighted by Gasteiger charge is -2.20. The van der Waals surface area contributed by atoms with Crippen molar-refractivity contribution in [1.82, 2.24) is 0 Å². The zero-order valence-electron chi connectivity index (χ0n) is 8.54. The first-order chi connectivity index (χ1) is 7.46. The van der Waals surface area contributed by atoms with E-state index in [2.05, 4.69) is 0 Å². The summed E-state index contributed by atoms with van der Waals surface area (Å²) in [7, 11) is 1.38. The van der Waals surface area contributed by atoms with Crippen LogP contribution in [-0.4, -0.2) is 26.6 Å². The number of hydrogen-bond donors (Lipinski definition) is 0. The van der Waals surface area contributed by atoms with Gasteiger partial charge in [-0.05, 0) is 12.1 Å². The van der Waals surface area contributed by atoms with Gasteiger partial charge in [0.1, 0.15) is 6.54 Å². The Balaban J connectivity index is 2.15. The summed E-state index contributed by atoms with van der Waals surface area (Å²) < 4.78 is 46.7. The van der Waals surface area contributed by atoms with E-state index in [1.54, 1.807) is 12.1 Å². The van der Waals surface area contributed by atoms with Gasteiger partial charge in [0, 0.05) is 18.8 Å². The molecule has 1 aliphatic heterocycles. The molecule has 0 spiro atoms. The maximum Gasteiger partial charge on any atom is 0.405 e. The normalized spacial score (nSPS) is 14.0. The van der Waals surface area contributed by atoms with Gasteiger partial charge in [0.05, 0.1) is 0 Å². The van der Waals surface area contributed by atoms with Crippen molar-refractivity contribution in [3.05, 3.63) is 18.2 Å². The predicted octanol–water partition coefficient (Wildman–Crippen LogP) is 2.41. The van der Waals surface area contributed by atoms with E-state index in [0.29, 0.717) is 17.2 Å². The Kier molecular flexibility index (Phi) is 2.57. The molecular weight excluding hydrogens is 223 g/mol. The van der Waals surface area contributed by atoms with Crippen molar-refractivity contribution in [3.63, 3.8) is 0 Å². The van der Waals surface area contributed by atoms with Gasteiger partial charge < -0.3 is 14.4 Å². The first kappa shape index (κ1) is 10.9. The number of alkyl halides is 3. The zero-order valence-corrected chi connectivity index (χ0v) is 8.54. The minimum atomic E-state index is -4.22. The first-order valence-electron chi connectivity index (χ1n) is 4.63. The maximum absolute atomic E-state index is 12.2. The monoisotopic (exact) mass is 233 g/mol. The summed E-state index contributed by atoms with van der Waals surface area (Å²) in [5.41, 5.74) is 0.446. The lowest BCUT2D eigenvalue weighted by molar-refractivity contribution is -0.119. The molecule has 1 aromatic rings.